The lowest BCUT2D eigenvalue weighted by Gasteiger charge is -2.23. The highest BCUT2D eigenvalue weighted by molar-refractivity contribution is 5.76. The molecule has 0 radical (unpaired) electrons. The zero-order valence-electron chi connectivity index (χ0n) is 17.3. The number of hydrogen-bond acceptors (Lipinski definition) is 6. The van der Waals surface area contributed by atoms with Crippen LogP contribution in [0.25, 0.3) is 0 Å². The smallest absolute Gasteiger partial charge is 0.221 e. The van der Waals surface area contributed by atoms with E-state index in [4.69, 9.17) is 14.2 Å². The number of methoxy groups -OCH3 is 3. The van der Waals surface area contributed by atoms with E-state index in [9.17, 15) is 4.79 Å². The van der Waals surface area contributed by atoms with Gasteiger partial charge in [-0.15, -0.1) is 0 Å². The van der Waals surface area contributed by atoms with Gasteiger partial charge in [0.1, 0.15) is 11.9 Å². The minimum atomic E-state index is -0.228. The Hall–Kier alpha value is -2.77. The minimum Gasteiger partial charge on any atom is -0.496 e. The summed E-state index contributed by atoms with van der Waals surface area (Å²) in [6.07, 6.45) is 0.770. The monoisotopic (exact) mass is 399 g/mol. The average Bonchev–Trinajstić information content (AvgIpc) is 3.11. The van der Waals surface area contributed by atoms with Crippen molar-refractivity contribution in [1.29, 1.82) is 0 Å². The normalized spacial score (nSPS) is 20.9. The van der Waals surface area contributed by atoms with Crippen LogP contribution >= 0.6 is 0 Å². The maximum absolute atomic E-state index is 12.6. The van der Waals surface area contributed by atoms with Crippen LogP contribution in [0, 0.1) is 0 Å². The Morgan fingerprint density at radius 1 is 0.966 bits per heavy atom. The van der Waals surface area contributed by atoms with Crippen LogP contribution in [0.2, 0.25) is 0 Å². The second-order valence-corrected chi connectivity index (χ2v) is 7.07. The van der Waals surface area contributed by atoms with Gasteiger partial charge < -0.3 is 19.5 Å². The molecule has 2 aromatic rings. The summed E-state index contributed by atoms with van der Waals surface area (Å²) >= 11 is 0. The van der Waals surface area contributed by atoms with Gasteiger partial charge in [-0.25, -0.2) is 5.43 Å². The number of benzene rings is 2. The Bertz CT molecular complexity index is 843. The third-order valence-electron chi connectivity index (χ3n) is 5.29. The molecule has 1 aliphatic rings. The molecule has 7 nitrogen and oxygen atoms in total. The van der Waals surface area contributed by atoms with E-state index < -0.39 is 0 Å². The maximum atomic E-state index is 12.6. The fourth-order valence-corrected chi connectivity index (χ4v) is 3.76. The number of aryl methyl sites for hydroxylation is 1. The minimum absolute atomic E-state index is 0.0187. The van der Waals surface area contributed by atoms with Gasteiger partial charge in [0.2, 0.25) is 5.91 Å². The largest absolute Gasteiger partial charge is 0.496 e. The molecule has 156 valence electrons. The predicted molar refractivity (Wildman–Crippen MR) is 111 cm³/mol. The molecule has 1 heterocycles. The maximum Gasteiger partial charge on any atom is 0.221 e. The van der Waals surface area contributed by atoms with Crippen LogP contribution in [0.1, 0.15) is 30.4 Å². The molecule has 7 heteroatoms. The van der Waals surface area contributed by atoms with Crippen LogP contribution in [0.15, 0.2) is 42.5 Å². The summed E-state index contributed by atoms with van der Waals surface area (Å²) in [6, 6.07) is 13.7. The third-order valence-corrected chi connectivity index (χ3v) is 5.29. The van der Waals surface area contributed by atoms with Crippen molar-refractivity contribution in [2.75, 3.05) is 21.3 Å². The van der Waals surface area contributed by atoms with Crippen molar-refractivity contribution in [3.8, 4) is 17.2 Å². The van der Waals surface area contributed by atoms with Crippen LogP contribution in [0.3, 0.4) is 0 Å². The molecular formula is C22H29N3O4. The van der Waals surface area contributed by atoms with Gasteiger partial charge >= 0.3 is 0 Å². The summed E-state index contributed by atoms with van der Waals surface area (Å²) < 4.78 is 16.1. The molecule has 3 N–H and O–H groups in total. The molecule has 0 saturated carbocycles. The van der Waals surface area contributed by atoms with Gasteiger partial charge in [-0.3, -0.25) is 10.2 Å². The van der Waals surface area contributed by atoms with E-state index >= 15 is 0 Å². The molecule has 3 atom stereocenters. The molecule has 29 heavy (non-hydrogen) atoms. The quantitative estimate of drug-likeness (QED) is 0.632. The first-order valence-corrected chi connectivity index (χ1v) is 9.71. The molecule has 1 saturated heterocycles. The van der Waals surface area contributed by atoms with Gasteiger partial charge in [-0.1, -0.05) is 24.3 Å². The van der Waals surface area contributed by atoms with Gasteiger partial charge in [0.15, 0.2) is 11.5 Å². The Kier molecular flexibility index (Phi) is 6.95. The van der Waals surface area contributed by atoms with Crippen LogP contribution in [-0.2, 0) is 11.2 Å². The van der Waals surface area contributed by atoms with Gasteiger partial charge in [-0.05, 0) is 42.7 Å². The summed E-state index contributed by atoms with van der Waals surface area (Å²) in [5.74, 6) is 2.18. The Labute approximate surface area is 171 Å². The van der Waals surface area contributed by atoms with Crippen molar-refractivity contribution >= 4 is 5.91 Å². The first-order chi connectivity index (χ1) is 14.1. The molecule has 1 fully saturated rings. The van der Waals surface area contributed by atoms with E-state index in [1.54, 1.807) is 21.3 Å². The predicted octanol–water partition coefficient (Wildman–Crippen LogP) is 2.37. The summed E-state index contributed by atoms with van der Waals surface area (Å²) in [5, 5.41) is 3.11. The number of carbonyl (C=O) groups excluding carboxylic acids is 1. The average molecular weight is 399 g/mol. The standard InChI is InChI=1S/C22H29N3O4/c1-14-21(16-9-11-18(28-3)19(13-16)29-4)22(25-24-14)23-20(26)12-10-15-7-5-6-8-17(15)27-2/h5-9,11,13-14,21-22,24-25H,10,12H2,1-4H3,(H,23,26). The van der Waals surface area contributed by atoms with Crippen LogP contribution in [0.5, 0.6) is 17.2 Å². The van der Waals surface area contributed by atoms with E-state index in [2.05, 4.69) is 23.1 Å². The number of ether oxygens (including phenoxy) is 3. The molecule has 3 rings (SSSR count). The highest BCUT2D eigenvalue weighted by Gasteiger charge is 2.35. The number of hydrogen-bond donors (Lipinski definition) is 3. The number of amides is 1. The molecule has 3 unspecified atom stereocenters. The van der Waals surface area contributed by atoms with Crippen LogP contribution in [-0.4, -0.2) is 39.4 Å². The lowest BCUT2D eigenvalue weighted by Crippen LogP contribution is -2.46. The molecular weight excluding hydrogens is 370 g/mol. The third kappa shape index (κ3) is 4.81. The van der Waals surface area contributed by atoms with Crippen molar-refractivity contribution in [3.05, 3.63) is 53.6 Å². The lowest BCUT2D eigenvalue weighted by molar-refractivity contribution is -0.122. The number of rotatable bonds is 8. The highest BCUT2D eigenvalue weighted by atomic mass is 16.5. The first kappa shape index (κ1) is 21.0. The summed E-state index contributed by atoms with van der Waals surface area (Å²) in [7, 11) is 4.87. The van der Waals surface area contributed by atoms with Crippen molar-refractivity contribution < 1.29 is 19.0 Å². The zero-order valence-corrected chi connectivity index (χ0v) is 17.3. The number of nitrogens with one attached hydrogen (secondary N) is 3. The second-order valence-electron chi connectivity index (χ2n) is 7.07. The van der Waals surface area contributed by atoms with Crippen molar-refractivity contribution in [1.82, 2.24) is 16.2 Å². The topological polar surface area (TPSA) is 80.9 Å². The van der Waals surface area contributed by atoms with E-state index in [-0.39, 0.29) is 24.0 Å². The lowest BCUT2D eigenvalue weighted by atomic mass is 9.91. The fraction of sp³-hybridized carbons (Fsp3) is 0.409. The van der Waals surface area contributed by atoms with E-state index in [0.717, 1.165) is 16.9 Å². The molecule has 0 bridgehead atoms. The van der Waals surface area contributed by atoms with E-state index in [1.807, 2.05) is 42.5 Å². The van der Waals surface area contributed by atoms with Gasteiger partial charge in [0.05, 0.1) is 21.3 Å². The molecule has 1 amide bonds. The van der Waals surface area contributed by atoms with Crippen molar-refractivity contribution in [2.24, 2.45) is 0 Å². The number of hydrazine groups is 1. The Morgan fingerprint density at radius 2 is 1.69 bits per heavy atom. The van der Waals surface area contributed by atoms with Crippen LogP contribution < -0.4 is 30.4 Å². The zero-order chi connectivity index (χ0) is 20.8. The summed E-state index contributed by atoms with van der Waals surface area (Å²) in [5.41, 5.74) is 8.50. The van der Waals surface area contributed by atoms with Crippen molar-refractivity contribution in [2.45, 2.75) is 37.9 Å². The molecule has 2 aromatic carbocycles. The molecule has 0 spiro atoms. The fourth-order valence-electron chi connectivity index (χ4n) is 3.76. The van der Waals surface area contributed by atoms with Crippen LogP contribution in [0.4, 0.5) is 0 Å². The molecule has 1 aliphatic heterocycles. The summed E-state index contributed by atoms with van der Waals surface area (Å²) in [6.45, 7) is 2.08. The van der Waals surface area contributed by atoms with Crippen molar-refractivity contribution in [3.63, 3.8) is 0 Å². The number of para-hydroxylation sites is 1. The second kappa shape index (κ2) is 9.62. The first-order valence-electron chi connectivity index (χ1n) is 9.71. The molecule has 0 aromatic heterocycles. The SMILES string of the molecule is COc1ccccc1CCC(=O)NC1NNC(C)C1c1ccc(OC)c(OC)c1. The van der Waals surface area contributed by atoms with E-state index in [0.29, 0.717) is 24.3 Å². The van der Waals surface area contributed by atoms with Gasteiger partial charge in [-0.2, -0.15) is 0 Å². The van der Waals surface area contributed by atoms with Gasteiger partial charge in [0.25, 0.3) is 0 Å². The summed E-state index contributed by atoms with van der Waals surface area (Å²) in [4.78, 5) is 12.6. The van der Waals surface area contributed by atoms with E-state index in [1.165, 1.54) is 0 Å². The van der Waals surface area contributed by atoms with Gasteiger partial charge in [0, 0.05) is 18.4 Å². The molecule has 0 aliphatic carbocycles. The number of carbonyl (C=O) groups is 1. The highest BCUT2D eigenvalue weighted by Crippen LogP contribution is 2.34. The Balaban J connectivity index is 1.67. The Morgan fingerprint density at radius 3 is 2.41 bits per heavy atom.